The van der Waals surface area contributed by atoms with Crippen molar-refractivity contribution >= 4 is 17.6 Å². The van der Waals surface area contributed by atoms with E-state index >= 15 is 0 Å². The smallest absolute Gasteiger partial charge is 0.0992 e. The lowest BCUT2D eigenvalue weighted by molar-refractivity contribution is 0.975. The molecule has 0 amide bonds. The highest BCUT2D eigenvalue weighted by Crippen LogP contribution is 2.23. The lowest BCUT2D eigenvalue weighted by Crippen LogP contribution is -2.03. The molecule has 0 bridgehead atoms. The van der Waals surface area contributed by atoms with Crippen molar-refractivity contribution in [3.8, 4) is 6.07 Å². The first-order valence-electron chi connectivity index (χ1n) is 5.53. The molecule has 0 fully saturated rings. The Hall–Kier alpha value is -1.96. The number of anilines is 1. The molecule has 18 heavy (non-hydrogen) atoms. The van der Waals surface area contributed by atoms with Crippen LogP contribution < -0.4 is 10.5 Å². The van der Waals surface area contributed by atoms with Gasteiger partial charge in [-0.3, -0.25) is 4.72 Å². The van der Waals surface area contributed by atoms with Gasteiger partial charge in [-0.05, 0) is 35.7 Å². The summed E-state index contributed by atoms with van der Waals surface area (Å²) in [5.74, 6) is 0. The fourth-order valence-electron chi connectivity index (χ4n) is 1.50. The summed E-state index contributed by atoms with van der Waals surface area (Å²) in [6.07, 6.45) is 0. The van der Waals surface area contributed by atoms with Gasteiger partial charge in [0, 0.05) is 17.1 Å². The molecular weight excluding hydrogens is 242 g/mol. The van der Waals surface area contributed by atoms with Crippen LogP contribution in [0.15, 0.2) is 53.4 Å². The van der Waals surface area contributed by atoms with Crippen LogP contribution in [0.4, 0.5) is 5.69 Å². The Morgan fingerprint density at radius 3 is 2.61 bits per heavy atom. The summed E-state index contributed by atoms with van der Waals surface area (Å²) in [5.41, 5.74) is 8.29. The number of benzene rings is 2. The van der Waals surface area contributed by atoms with E-state index in [9.17, 15) is 0 Å². The van der Waals surface area contributed by atoms with Gasteiger partial charge >= 0.3 is 0 Å². The normalized spacial score (nSPS) is 9.94. The van der Waals surface area contributed by atoms with Gasteiger partial charge in [0.2, 0.25) is 0 Å². The first-order valence-corrected chi connectivity index (χ1v) is 6.34. The van der Waals surface area contributed by atoms with E-state index < -0.39 is 0 Å². The number of nitrogen functional groups attached to an aromatic ring is 1. The van der Waals surface area contributed by atoms with Crippen LogP contribution in [-0.4, -0.2) is 0 Å². The molecule has 2 aromatic rings. The van der Waals surface area contributed by atoms with Crippen LogP contribution in [0.1, 0.15) is 11.1 Å². The van der Waals surface area contributed by atoms with Crippen molar-refractivity contribution in [2.24, 2.45) is 0 Å². The summed E-state index contributed by atoms with van der Waals surface area (Å²) in [6.45, 7) is 0.769. The van der Waals surface area contributed by atoms with Gasteiger partial charge in [0.25, 0.3) is 0 Å². The predicted octanol–water partition coefficient (Wildman–Crippen LogP) is 2.94. The van der Waals surface area contributed by atoms with Gasteiger partial charge in [-0.1, -0.05) is 30.3 Å². The van der Waals surface area contributed by atoms with Crippen molar-refractivity contribution in [1.82, 2.24) is 4.72 Å². The minimum atomic E-state index is 0.583. The first kappa shape index (κ1) is 12.5. The summed E-state index contributed by atoms with van der Waals surface area (Å²) >= 11 is 1.48. The van der Waals surface area contributed by atoms with Crippen LogP contribution in [0.25, 0.3) is 0 Å². The van der Waals surface area contributed by atoms with E-state index in [0.29, 0.717) is 11.3 Å². The first-order chi connectivity index (χ1) is 8.79. The van der Waals surface area contributed by atoms with E-state index in [2.05, 4.69) is 22.9 Å². The Kier molecular flexibility index (Phi) is 4.24. The van der Waals surface area contributed by atoms with Crippen LogP contribution in [0.3, 0.4) is 0 Å². The number of hydrogen-bond acceptors (Lipinski definition) is 4. The highest BCUT2D eigenvalue weighted by Gasteiger charge is 2.01. The molecule has 0 aliphatic carbocycles. The molecule has 0 aromatic heterocycles. The molecule has 2 rings (SSSR count). The van der Waals surface area contributed by atoms with E-state index in [-0.39, 0.29) is 0 Å². The fraction of sp³-hybridized carbons (Fsp3) is 0.0714. The molecule has 0 radical (unpaired) electrons. The van der Waals surface area contributed by atoms with Gasteiger partial charge in [0.05, 0.1) is 11.6 Å². The van der Waals surface area contributed by atoms with Crippen molar-refractivity contribution in [3.63, 3.8) is 0 Å². The number of hydrogen-bond donors (Lipinski definition) is 2. The Bertz CT molecular complexity index is 561. The molecule has 3 nitrogen and oxygen atoms in total. The van der Waals surface area contributed by atoms with E-state index in [1.807, 2.05) is 24.3 Å². The average molecular weight is 255 g/mol. The standard InChI is InChI=1S/C14H13N3S/c15-9-12-6-7-14(13(16)8-12)18-17-10-11-4-2-1-3-5-11/h1-8,17H,10,16H2. The molecule has 0 spiro atoms. The molecule has 0 saturated heterocycles. The Morgan fingerprint density at radius 1 is 1.17 bits per heavy atom. The van der Waals surface area contributed by atoms with Gasteiger partial charge in [-0.2, -0.15) is 5.26 Å². The Labute approximate surface area is 111 Å². The van der Waals surface area contributed by atoms with Gasteiger partial charge in [-0.15, -0.1) is 0 Å². The Morgan fingerprint density at radius 2 is 1.94 bits per heavy atom. The summed E-state index contributed by atoms with van der Waals surface area (Å²) in [7, 11) is 0. The zero-order chi connectivity index (χ0) is 12.8. The van der Waals surface area contributed by atoms with E-state index in [0.717, 1.165) is 11.4 Å². The molecule has 4 heteroatoms. The van der Waals surface area contributed by atoms with Gasteiger partial charge in [0.1, 0.15) is 0 Å². The molecule has 90 valence electrons. The van der Waals surface area contributed by atoms with Gasteiger partial charge < -0.3 is 5.73 Å². The maximum atomic E-state index is 8.75. The maximum absolute atomic E-state index is 8.75. The summed E-state index contributed by atoms with van der Waals surface area (Å²) < 4.78 is 3.25. The second kappa shape index (κ2) is 6.10. The molecule has 0 unspecified atom stereocenters. The fourth-order valence-corrected chi connectivity index (χ4v) is 2.21. The predicted molar refractivity (Wildman–Crippen MR) is 74.7 cm³/mol. The molecule has 0 aliphatic heterocycles. The maximum Gasteiger partial charge on any atom is 0.0992 e. The van der Waals surface area contributed by atoms with Crippen molar-refractivity contribution in [1.29, 1.82) is 5.26 Å². The molecule has 3 N–H and O–H groups in total. The quantitative estimate of drug-likeness (QED) is 0.651. The average Bonchev–Trinajstić information content (AvgIpc) is 2.42. The topological polar surface area (TPSA) is 61.8 Å². The molecule has 0 saturated carbocycles. The van der Waals surface area contributed by atoms with Crippen LogP contribution >= 0.6 is 11.9 Å². The highest BCUT2D eigenvalue weighted by atomic mass is 32.2. The SMILES string of the molecule is N#Cc1ccc(SNCc2ccccc2)c(N)c1. The van der Waals surface area contributed by atoms with Crippen LogP contribution in [0, 0.1) is 11.3 Å². The van der Waals surface area contributed by atoms with Gasteiger partial charge in [0.15, 0.2) is 0 Å². The number of nitriles is 1. The third kappa shape index (κ3) is 3.27. The third-order valence-corrected chi connectivity index (χ3v) is 3.32. The van der Waals surface area contributed by atoms with Crippen LogP contribution in [0.2, 0.25) is 0 Å². The zero-order valence-corrected chi connectivity index (χ0v) is 10.6. The lowest BCUT2D eigenvalue weighted by atomic mass is 10.2. The number of nitrogens with two attached hydrogens (primary N) is 1. The summed E-state index contributed by atoms with van der Waals surface area (Å²) in [6, 6.07) is 17.5. The minimum Gasteiger partial charge on any atom is -0.398 e. The monoisotopic (exact) mass is 255 g/mol. The second-order valence-corrected chi connectivity index (χ2v) is 4.71. The van der Waals surface area contributed by atoms with E-state index in [1.165, 1.54) is 17.5 Å². The summed E-state index contributed by atoms with van der Waals surface area (Å²) in [4.78, 5) is 0.935. The van der Waals surface area contributed by atoms with Crippen molar-refractivity contribution in [3.05, 3.63) is 59.7 Å². The van der Waals surface area contributed by atoms with Crippen LogP contribution in [-0.2, 0) is 6.54 Å². The number of nitrogens with zero attached hydrogens (tertiary/aromatic N) is 1. The Balaban J connectivity index is 1.93. The molecule has 2 aromatic carbocycles. The zero-order valence-electron chi connectivity index (χ0n) is 9.76. The van der Waals surface area contributed by atoms with Gasteiger partial charge in [-0.25, -0.2) is 0 Å². The van der Waals surface area contributed by atoms with Crippen LogP contribution in [0.5, 0.6) is 0 Å². The van der Waals surface area contributed by atoms with E-state index in [4.69, 9.17) is 11.0 Å². The van der Waals surface area contributed by atoms with Crippen molar-refractivity contribution < 1.29 is 0 Å². The second-order valence-electron chi connectivity index (χ2n) is 3.77. The molecular formula is C14H13N3S. The minimum absolute atomic E-state index is 0.583. The van der Waals surface area contributed by atoms with Crippen molar-refractivity contribution in [2.75, 3.05) is 5.73 Å². The van der Waals surface area contributed by atoms with E-state index in [1.54, 1.807) is 12.1 Å². The molecule has 0 aliphatic rings. The third-order valence-electron chi connectivity index (χ3n) is 2.44. The highest BCUT2D eigenvalue weighted by molar-refractivity contribution is 7.97. The lowest BCUT2D eigenvalue weighted by Gasteiger charge is -2.07. The summed E-state index contributed by atoms with van der Waals surface area (Å²) in [5, 5.41) is 8.75. The largest absolute Gasteiger partial charge is 0.398 e. The molecule has 0 heterocycles. The van der Waals surface area contributed by atoms with Crippen molar-refractivity contribution in [2.45, 2.75) is 11.4 Å². The number of nitrogens with one attached hydrogen (secondary N) is 1. The molecule has 0 atom stereocenters. The number of rotatable bonds is 4.